The van der Waals surface area contributed by atoms with E-state index in [1.807, 2.05) is 39.1 Å². The number of nitrogens with zero attached hydrogens (tertiary/aromatic N) is 1. The standard InChI is InChI=1S/C14H22N2O2/c1-10-8-12(15-3)6-7-13(10)14(17)16(4)11(2)9-18-5/h6-8,11,15H,9H2,1-5H3. The van der Waals surface area contributed by atoms with Crippen molar-refractivity contribution in [2.75, 3.05) is 33.1 Å². The molecule has 100 valence electrons. The van der Waals surface area contributed by atoms with Crippen LogP contribution < -0.4 is 5.32 Å². The molecule has 0 radical (unpaired) electrons. The number of rotatable bonds is 5. The highest BCUT2D eigenvalue weighted by Gasteiger charge is 2.18. The first-order valence-electron chi connectivity index (χ1n) is 6.05. The van der Waals surface area contributed by atoms with E-state index in [1.165, 1.54) is 0 Å². The van der Waals surface area contributed by atoms with Gasteiger partial charge in [-0.3, -0.25) is 4.79 Å². The molecule has 1 N–H and O–H groups in total. The third-order valence-electron chi connectivity index (χ3n) is 3.13. The fourth-order valence-electron chi connectivity index (χ4n) is 1.80. The van der Waals surface area contributed by atoms with Crippen LogP contribution in [0.15, 0.2) is 18.2 Å². The Kier molecular flexibility index (Phi) is 5.16. The molecule has 0 aliphatic heterocycles. The van der Waals surface area contributed by atoms with Crippen LogP contribution in [0.5, 0.6) is 0 Å². The van der Waals surface area contributed by atoms with Gasteiger partial charge >= 0.3 is 0 Å². The normalized spacial score (nSPS) is 12.1. The van der Waals surface area contributed by atoms with Crippen LogP contribution in [0.3, 0.4) is 0 Å². The Morgan fingerprint density at radius 1 is 1.50 bits per heavy atom. The Morgan fingerprint density at radius 2 is 2.17 bits per heavy atom. The molecule has 0 bridgehead atoms. The summed E-state index contributed by atoms with van der Waals surface area (Å²) < 4.78 is 5.07. The Labute approximate surface area is 109 Å². The second-order valence-corrected chi connectivity index (χ2v) is 4.50. The van der Waals surface area contributed by atoms with Gasteiger partial charge in [-0.25, -0.2) is 0 Å². The summed E-state index contributed by atoms with van der Waals surface area (Å²) in [6, 6.07) is 5.81. The summed E-state index contributed by atoms with van der Waals surface area (Å²) in [5.41, 5.74) is 2.72. The molecular formula is C14H22N2O2. The van der Waals surface area contributed by atoms with Crippen LogP contribution in [0.2, 0.25) is 0 Å². The minimum atomic E-state index is 0.0275. The zero-order valence-corrected chi connectivity index (χ0v) is 11.8. The van der Waals surface area contributed by atoms with E-state index in [4.69, 9.17) is 4.74 Å². The minimum absolute atomic E-state index is 0.0275. The Balaban J connectivity index is 2.90. The number of nitrogens with one attached hydrogen (secondary N) is 1. The van der Waals surface area contributed by atoms with Gasteiger partial charge in [-0.2, -0.15) is 0 Å². The lowest BCUT2D eigenvalue weighted by molar-refractivity contribution is 0.0633. The van der Waals surface area contributed by atoms with E-state index in [0.717, 1.165) is 16.8 Å². The lowest BCUT2D eigenvalue weighted by Crippen LogP contribution is -2.38. The number of carbonyl (C=O) groups is 1. The predicted molar refractivity (Wildman–Crippen MR) is 74.2 cm³/mol. The maximum atomic E-state index is 12.3. The summed E-state index contributed by atoms with van der Waals surface area (Å²) in [5, 5.41) is 3.06. The molecular weight excluding hydrogens is 228 g/mol. The van der Waals surface area contributed by atoms with Crippen LogP contribution in [0, 0.1) is 6.92 Å². The summed E-state index contributed by atoms with van der Waals surface area (Å²) in [6.45, 7) is 4.46. The third-order valence-corrected chi connectivity index (χ3v) is 3.13. The number of benzene rings is 1. The molecule has 1 rings (SSSR count). The van der Waals surface area contributed by atoms with E-state index in [1.54, 1.807) is 19.1 Å². The average Bonchev–Trinajstić information content (AvgIpc) is 2.37. The molecule has 0 saturated heterocycles. The van der Waals surface area contributed by atoms with Gasteiger partial charge in [0.15, 0.2) is 0 Å². The summed E-state index contributed by atoms with van der Waals surface area (Å²) >= 11 is 0. The fourth-order valence-corrected chi connectivity index (χ4v) is 1.80. The smallest absolute Gasteiger partial charge is 0.254 e. The zero-order valence-electron chi connectivity index (χ0n) is 11.8. The van der Waals surface area contributed by atoms with Crippen LogP contribution in [0.1, 0.15) is 22.8 Å². The monoisotopic (exact) mass is 250 g/mol. The first-order chi connectivity index (χ1) is 8.51. The second kappa shape index (κ2) is 6.40. The summed E-state index contributed by atoms with van der Waals surface area (Å²) in [4.78, 5) is 14.0. The van der Waals surface area contributed by atoms with E-state index < -0.39 is 0 Å². The molecule has 4 heteroatoms. The van der Waals surface area contributed by atoms with Gasteiger partial charge in [0.25, 0.3) is 5.91 Å². The average molecular weight is 250 g/mol. The van der Waals surface area contributed by atoms with Gasteiger partial charge in [-0.1, -0.05) is 0 Å². The molecule has 0 aliphatic carbocycles. The van der Waals surface area contributed by atoms with Crippen molar-refractivity contribution in [3.63, 3.8) is 0 Å². The molecule has 1 unspecified atom stereocenters. The van der Waals surface area contributed by atoms with E-state index in [2.05, 4.69) is 5.32 Å². The van der Waals surface area contributed by atoms with Gasteiger partial charge in [0, 0.05) is 32.5 Å². The first-order valence-corrected chi connectivity index (χ1v) is 6.05. The number of likely N-dealkylation sites (N-methyl/N-ethyl adjacent to an activating group) is 1. The topological polar surface area (TPSA) is 41.6 Å². The van der Waals surface area contributed by atoms with Crippen molar-refractivity contribution in [2.45, 2.75) is 19.9 Å². The second-order valence-electron chi connectivity index (χ2n) is 4.50. The molecule has 1 aromatic carbocycles. The zero-order chi connectivity index (χ0) is 13.7. The third kappa shape index (κ3) is 3.23. The number of hydrogen-bond donors (Lipinski definition) is 1. The number of anilines is 1. The molecule has 0 spiro atoms. The van der Waals surface area contributed by atoms with E-state index in [0.29, 0.717) is 6.61 Å². The number of hydrogen-bond acceptors (Lipinski definition) is 3. The van der Waals surface area contributed by atoms with Crippen LogP contribution in [-0.2, 0) is 4.74 Å². The largest absolute Gasteiger partial charge is 0.388 e. The van der Waals surface area contributed by atoms with Crippen LogP contribution in [0.25, 0.3) is 0 Å². The highest BCUT2D eigenvalue weighted by molar-refractivity contribution is 5.96. The Hall–Kier alpha value is -1.55. The predicted octanol–water partition coefficient (Wildman–Crippen LogP) is 2.14. The lowest BCUT2D eigenvalue weighted by atomic mass is 10.1. The number of methoxy groups -OCH3 is 1. The fraction of sp³-hybridized carbons (Fsp3) is 0.500. The van der Waals surface area contributed by atoms with Gasteiger partial charge in [-0.05, 0) is 37.6 Å². The van der Waals surface area contributed by atoms with Crippen molar-refractivity contribution in [2.24, 2.45) is 0 Å². The molecule has 0 saturated carbocycles. The van der Waals surface area contributed by atoms with Gasteiger partial charge in [-0.15, -0.1) is 0 Å². The highest BCUT2D eigenvalue weighted by Crippen LogP contribution is 2.17. The number of aryl methyl sites for hydroxylation is 1. The van der Waals surface area contributed by atoms with Crippen molar-refractivity contribution < 1.29 is 9.53 Å². The SMILES string of the molecule is CNc1ccc(C(=O)N(C)C(C)COC)c(C)c1. The van der Waals surface area contributed by atoms with E-state index >= 15 is 0 Å². The molecule has 1 atom stereocenters. The van der Waals surface area contributed by atoms with Gasteiger partial charge < -0.3 is 15.0 Å². The summed E-state index contributed by atoms with van der Waals surface area (Å²) in [6.07, 6.45) is 0. The lowest BCUT2D eigenvalue weighted by Gasteiger charge is -2.25. The van der Waals surface area contributed by atoms with Crippen LogP contribution in [0.4, 0.5) is 5.69 Å². The number of ether oxygens (including phenoxy) is 1. The molecule has 0 heterocycles. The quantitative estimate of drug-likeness (QED) is 0.870. The van der Waals surface area contributed by atoms with Crippen molar-refractivity contribution >= 4 is 11.6 Å². The molecule has 1 amide bonds. The molecule has 0 aliphatic rings. The first kappa shape index (κ1) is 14.5. The molecule has 0 aromatic heterocycles. The van der Waals surface area contributed by atoms with Crippen molar-refractivity contribution in [1.29, 1.82) is 0 Å². The number of carbonyl (C=O) groups excluding carboxylic acids is 1. The van der Waals surface area contributed by atoms with Crippen LogP contribution in [-0.4, -0.2) is 44.7 Å². The van der Waals surface area contributed by atoms with Crippen molar-refractivity contribution in [3.8, 4) is 0 Å². The maximum absolute atomic E-state index is 12.3. The Morgan fingerprint density at radius 3 is 2.67 bits per heavy atom. The molecule has 18 heavy (non-hydrogen) atoms. The molecule has 1 aromatic rings. The van der Waals surface area contributed by atoms with Gasteiger partial charge in [0.05, 0.1) is 12.6 Å². The van der Waals surface area contributed by atoms with Gasteiger partial charge in [0.1, 0.15) is 0 Å². The Bertz CT molecular complexity index is 418. The van der Waals surface area contributed by atoms with Crippen LogP contribution >= 0.6 is 0 Å². The van der Waals surface area contributed by atoms with Gasteiger partial charge in [0.2, 0.25) is 0 Å². The molecule has 0 fully saturated rings. The number of amides is 1. The summed E-state index contributed by atoms with van der Waals surface area (Å²) in [5.74, 6) is 0.0275. The van der Waals surface area contributed by atoms with Crippen molar-refractivity contribution in [3.05, 3.63) is 29.3 Å². The summed E-state index contributed by atoms with van der Waals surface area (Å²) in [7, 11) is 5.31. The van der Waals surface area contributed by atoms with Crippen molar-refractivity contribution in [1.82, 2.24) is 4.90 Å². The highest BCUT2D eigenvalue weighted by atomic mass is 16.5. The minimum Gasteiger partial charge on any atom is -0.388 e. The molecule has 4 nitrogen and oxygen atoms in total. The van der Waals surface area contributed by atoms with E-state index in [9.17, 15) is 4.79 Å². The maximum Gasteiger partial charge on any atom is 0.254 e. The van der Waals surface area contributed by atoms with E-state index in [-0.39, 0.29) is 11.9 Å².